The van der Waals surface area contributed by atoms with Crippen molar-refractivity contribution in [1.29, 1.82) is 0 Å². The van der Waals surface area contributed by atoms with Gasteiger partial charge in [0.2, 0.25) is 0 Å². The largest absolute Gasteiger partial charge is 0.288 e. The highest BCUT2D eigenvalue weighted by Gasteiger charge is 2.10. The number of ketones is 1. The zero-order chi connectivity index (χ0) is 14.7. The molecule has 0 atom stereocenters. The van der Waals surface area contributed by atoms with E-state index in [2.05, 4.69) is 9.59 Å². The molecular formula is C15H9ClN2OS2. The molecule has 104 valence electrons. The van der Waals surface area contributed by atoms with Crippen molar-refractivity contribution in [2.24, 2.45) is 0 Å². The van der Waals surface area contributed by atoms with Gasteiger partial charge in [0.05, 0.1) is 10.6 Å². The maximum Gasteiger partial charge on any atom is 0.195 e. The van der Waals surface area contributed by atoms with E-state index in [1.165, 1.54) is 28.9 Å². The molecule has 6 heteroatoms. The van der Waals surface area contributed by atoms with Crippen LogP contribution in [0.1, 0.15) is 15.4 Å². The highest BCUT2D eigenvalue weighted by atomic mass is 35.5. The van der Waals surface area contributed by atoms with Crippen LogP contribution < -0.4 is 0 Å². The predicted molar refractivity (Wildman–Crippen MR) is 88.0 cm³/mol. The lowest BCUT2D eigenvalue weighted by atomic mass is 10.2. The van der Waals surface area contributed by atoms with E-state index < -0.39 is 0 Å². The van der Waals surface area contributed by atoms with Gasteiger partial charge in [0.25, 0.3) is 0 Å². The average Bonchev–Trinajstić information content (AvgIpc) is 3.17. The lowest BCUT2D eigenvalue weighted by molar-refractivity contribution is 0.105. The molecule has 2 heterocycles. The maximum atomic E-state index is 12.1. The molecule has 3 aromatic rings. The Hall–Kier alpha value is -1.82. The molecule has 0 spiro atoms. The number of benzene rings is 1. The van der Waals surface area contributed by atoms with Crippen LogP contribution in [-0.4, -0.2) is 15.4 Å². The van der Waals surface area contributed by atoms with Crippen molar-refractivity contribution >= 4 is 46.3 Å². The van der Waals surface area contributed by atoms with Crippen molar-refractivity contribution in [1.82, 2.24) is 9.59 Å². The number of halogens is 1. The van der Waals surface area contributed by atoms with Crippen LogP contribution >= 0.6 is 34.5 Å². The fourth-order valence-corrected chi connectivity index (χ4v) is 3.45. The van der Waals surface area contributed by atoms with Crippen LogP contribution in [0.3, 0.4) is 0 Å². The second kappa shape index (κ2) is 6.30. The van der Waals surface area contributed by atoms with Crippen molar-refractivity contribution in [3.8, 4) is 10.4 Å². The molecule has 0 saturated heterocycles. The zero-order valence-electron chi connectivity index (χ0n) is 10.7. The third kappa shape index (κ3) is 3.26. The Labute approximate surface area is 134 Å². The van der Waals surface area contributed by atoms with Gasteiger partial charge in [-0.15, -0.1) is 16.4 Å². The highest BCUT2D eigenvalue weighted by molar-refractivity contribution is 7.17. The minimum absolute atomic E-state index is 0.0497. The Bertz CT molecular complexity index is 794. The van der Waals surface area contributed by atoms with E-state index in [1.54, 1.807) is 11.5 Å². The first-order valence-corrected chi connectivity index (χ1v) is 8.11. The van der Waals surface area contributed by atoms with E-state index in [1.807, 2.05) is 36.4 Å². The van der Waals surface area contributed by atoms with Crippen molar-refractivity contribution < 1.29 is 4.79 Å². The molecule has 0 bridgehead atoms. The zero-order valence-corrected chi connectivity index (χ0v) is 13.1. The fraction of sp³-hybridized carbons (Fsp3) is 0. The number of carbonyl (C=O) groups excluding carboxylic acids is 1. The molecule has 0 unspecified atom stereocenters. The molecule has 0 aliphatic carbocycles. The molecule has 0 saturated carbocycles. The van der Waals surface area contributed by atoms with E-state index in [0.717, 1.165) is 10.4 Å². The molecule has 3 nitrogen and oxygen atoms in total. The van der Waals surface area contributed by atoms with Crippen LogP contribution in [0.2, 0.25) is 5.02 Å². The summed E-state index contributed by atoms with van der Waals surface area (Å²) in [7, 11) is 0. The Morgan fingerprint density at radius 3 is 2.81 bits per heavy atom. The summed E-state index contributed by atoms with van der Waals surface area (Å²) in [6.45, 7) is 0. The summed E-state index contributed by atoms with van der Waals surface area (Å²) in [5.41, 5.74) is 1.63. The third-order valence-corrected chi connectivity index (χ3v) is 4.76. The summed E-state index contributed by atoms with van der Waals surface area (Å²) in [5.74, 6) is -0.0497. The number of hydrogen-bond donors (Lipinski definition) is 0. The van der Waals surface area contributed by atoms with E-state index in [0.29, 0.717) is 15.6 Å². The third-order valence-electron chi connectivity index (χ3n) is 2.77. The second-order valence-corrected chi connectivity index (χ2v) is 6.27. The first-order valence-electron chi connectivity index (χ1n) is 6.08. The fourth-order valence-electron chi connectivity index (χ4n) is 1.76. The SMILES string of the molecule is O=C(C=Cc1csnn1)c1ccc(-c2ccccc2Cl)s1. The van der Waals surface area contributed by atoms with Crippen LogP contribution in [0.25, 0.3) is 16.5 Å². The molecular weight excluding hydrogens is 324 g/mol. The number of rotatable bonds is 4. The lowest BCUT2D eigenvalue weighted by Crippen LogP contribution is -1.88. The molecule has 0 fully saturated rings. The minimum atomic E-state index is -0.0497. The second-order valence-electron chi connectivity index (χ2n) is 4.17. The van der Waals surface area contributed by atoms with E-state index in [4.69, 9.17) is 11.6 Å². The van der Waals surface area contributed by atoms with Gasteiger partial charge in [-0.3, -0.25) is 4.79 Å². The predicted octanol–water partition coefficient (Wildman–Crippen LogP) is 4.82. The van der Waals surface area contributed by atoms with E-state index in [-0.39, 0.29) is 5.78 Å². The molecule has 0 N–H and O–H groups in total. The van der Waals surface area contributed by atoms with Gasteiger partial charge in [0.1, 0.15) is 0 Å². The van der Waals surface area contributed by atoms with Crippen LogP contribution in [0, 0.1) is 0 Å². The van der Waals surface area contributed by atoms with Crippen LogP contribution in [0.5, 0.6) is 0 Å². The quantitative estimate of drug-likeness (QED) is 0.508. The smallest absolute Gasteiger partial charge is 0.195 e. The van der Waals surface area contributed by atoms with Gasteiger partial charge in [0.15, 0.2) is 5.78 Å². The van der Waals surface area contributed by atoms with Crippen LogP contribution in [0.4, 0.5) is 0 Å². The van der Waals surface area contributed by atoms with Crippen LogP contribution in [-0.2, 0) is 0 Å². The minimum Gasteiger partial charge on any atom is -0.288 e. The molecule has 0 amide bonds. The first kappa shape index (κ1) is 14.1. The van der Waals surface area contributed by atoms with Crippen molar-refractivity contribution in [2.75, 3.05) is 0 Å². The molecule has 21 heavy (non-hydrogen) atoms. The Morgan fingerprint density at radius 2 is 2.05 bits per heavy atom. The molecule has 0 radical (unpaired) electrons. The van der Waals surface area contributed by atoms with Gasteiger partial charge in [-0.05, 0) is 41.9 Å². The monoisotopic (exact) mass is 332 g/mol. The highest BCUT2D eigenvalue weighted by Crippen LogP contribution is 2.33. The Kier molecular flexibility index (Phi) is 4.24. The lowest BCUT2D eigenvalue weighted by Gasteiger charge is -1.99. The summed E-state index contributed by atoms with van der Waals surface area (Å²) in [5, 5.41) is 6.33. The van der Waals surface area contributed by atoms with Gasteiger partial charge in [-0.25, -0.2) is 0 Å². The first-order chi connectivity index (χ1) is 10.2. The molecule has 3 rings (SSSR count). The summed E-state index contributed by atoms with van der Waals surface area (Å²) >= 11 is 8.85. The number of nitrogens with zero attached hydrogens (tertiary/aromatic N) is 2. The van der Waals surface area contributed by atoms with Crippen LogP contribution in [0.15, 0.2) is 47.9 Å². The maximum absolute atomic E-state index is 12.1. The van der Waals surface area contributed by atoms with E-state index >= 15 is 0 Å². The number of carbonyl (C=O) groups is 1. The standard InChI is InChI=1S/C15H9ClN2OS2/c16-12-4-2-1-3-11(12)14-7-8-15(21-14)13(19)6-5-10-9-20-18-17-10/h1-9H. The average molecular weight is 333 g/mol. The Morgan fingerprint density at radius 1 is 1.19 bits per heavy atom. The summed E-state index contributed by atoms with van der Waals surface area (Å²) in [4.78, 5) is 13.8. The van der Waals surface area contributed by atoms with Gasteiger partial charge < -0.3 is 0 Å². The van der Waals surface area contributed by atoms with Gasteiger partial charge in [-0.1, -0.05) is 34.3 Å². The van der Waals surface area contributed by atoms with Gasteiger partial charge >= 0.3 is 0 Å². The molecule has 0 aliphatic heterocycles. The summed E-state index contributed by atoms with van der Waals surface area (Å²) in [6.07, 6.45) is 3.18. The van der Waals surface area contributed by atoms with E-state index in [9.17, 15) is 4.79 Å². The topological polar surface area (TPSA) is 42.9 Å². The normalized spacial score (nSPS) is 11.1. The molecule has 0 aliphatic rings. The van der Waals surface area contributed by atoms with Crippen molar-refractivity contribution in [3.05, 3.63) is 63.4 Å². The van der Waals surface area contributed by atoms with Crippen molar-refractivity contribution in [3.63, 3.8) is 0 Å². The number of allylic oxidation sites excluding steroid dienone is 1. The van der Waals surface area contributed by atoms with Gasteiger partial charge in [0, 0.05) is 20.8 Å². The van der Waals surface area contributed by atoms with Gasteiger partial charge in [-0.2, -0.15) is 0 Å². The number of hydrogen-bond acceptors (Lipinski definition) is 5. The summed E-state index contributed by atoms with van der Waals surface area (Å²) < 4.78 is 3.74. The summed E-state index contributed by atoms with van der Waals surface area (Å²) in [6, 6.07) is 11.3. The molecule has 2 aromatic heterocycles. The number of aromatic nitrogens is 2. The Balaban J connectivity index is 1.82. The number of thiophene rings is 1. The van der Waals surface area contributed by atoms with Crippen molar-refractivity contribution in [2.45, 2.75) is 0 Å². The molecule has 1 aromatic carbocycles.